The lowest BCUT2D eigenvalue weighted by Gasteiger charge is -2.20. The number of halogens is 1. The van der Waals surface area contributed by atoms with E-state index in [1.807, 2.05) is 56.8 Å². The summed E-state index contributed by atoms with van der Waals surface area (Å²) in [6.45, 7) is 5.51. The van der Waals surface area contributed by atoms with Crippen LogP contribution in [0.3, 0.4) is 0 Å². The number of ether oxygens (including phenoxy) is 1. The lowest BCUT2D eigenvalue weighted by molar-refractivity contribution is 0.0636. The van der Waals surface area contributed by atoms with Gasteiger partial charge in [-0.05, 0) is 54.9 Å². The highest BCUT2D eigenvalue weighted by Gasteiger charge is 2.18. The molecule has 5 heteroatoms. The van der Waals surface area contributed by atoms with Crippen molar-refractivity contribution in [2.24, 2.45) is 7.05 Å². The van der Waals surface area contributed by atoms with E-state index >= 15 is 0 Å². The molecule has 0 aliphatic rings. The number of amides is 1. The Hall–Kier alpha value is -1.49. The monoisotopic (exact) mass is 324 g/mol. The Morgan fingerprint density at radius 1 is 1.32 bits per heavy atom. The number of anilines is 1. The molecule has 2 aromatic rings. The fourth-order valence-corrected chi connectivity index (χ4v) is 2.30. The van der Waals surface area contributed by atoms with Crippen LogP contribution in [0, 0.1) is 0 Å². The molecular formula is C14H17BrN2O2. The molecule has 1 N–H and O–H groups in total. The SMILES string of the molecule is Cn1ccc2c(NC(=O)OC(C)(C)C)c(Br)ccc21. The third-order valence-electron chi connectivity index (χ3n) is 2.64. The van der Waals surface area contributed by atoms with Crippen LogP contribution in [0.5, 0.6) is 0 Å². The summed E-state index contributed by atoms with van der Waals surface area (Å²) in [6.07, 6.45) is 1.50. The Morgan fingerprint density at radius 3 is 2.63 bits per heavy atom. The summed E-state index contributed by atoms with van der Waals surface area (Å²) in [5.41, 5.74) is 1.27. The zero-order valence-corrected chi connectivity index (χ0v) is 13.0. The van der Waals surface area contributed by atoms with E-state index in [9.17, 15) is 4.79 Å². The quantitative estimate of drug-likeness (QED) is 0.850. The predicted octanol–water partition coefficient (Wildman–Crippen LogP) is 4.29. The molecule has 0 unspecified atom stereocenters. The molecule has 0 spiro atoms. The number of nitrogens with one attached hydrogen (secondary N) is 1. The number of aryl methyl sites for hydroxylation is 1. The van der Waals surface area contributed by atoms with Crippen LogP contribution < -0.4 is 5.32 Å². The summed E-state index contributed by atoms with van der Waals surface area (Å²) in [7, 11) is 1.97. The number of nitrogens with zero attached hydrogens (tertiary/aromatic N) is 1. The number of hydrogen-bond donors (Lipinski definition) is 1. The lowest BCUT2D eigenvalue weighted by atomic mass is 10.2. The van der Waals surface area contributed by atoms with Gasteiger partial charge in [0, 0.05) is 28.6 Å². The van der Waals surface area contributed by atoms with Gasteiger partial charge in [-0.1, -0.05) is 0 Å². The molecule has 4 nitrogen and oxygen atoms in total. The first-order chi connectivity index (χ1) is 8.78. The van der Waals surface area contributed by atoms with Gasteiger partial charge in [-0.25, -0.2) is 4.79 Å². The van der Waals surface area contributed by atoms with Gasteiger partial charge in [-0.2, -0.15) is 0 Å². The number of aromatic nitrogens is 1. The normalized spacial score (nSPS) is 11.6. The number of fused-ring (bicyclic) bond motifs is 1. The minimum absolute atomic E-state index is 0.454. The Balaban J connectivity index is 2.34. The highest BCUT2D eigenvalue weighted by molar-refractivity contribution is 9.10. The standard InChI is InChI=1S/C14H17BrN2O2/c1-14(2,3)19-13(18)16-12-9-7-8-17(4)11(9)6-5-10(12)15/h5-8H,1-4H3,(H,16,18). The fraction of sp³-hybridized carbons (Fsp3) is 0.357. The molecule has 2 rings (SSSR count). The van der Waals surface area contributed by atoms with E-state index in [0.717, 1.165) is 21.1 Å². The van der Waals surface area contributed by atoms with Gasteiger partial charge in [0.05, 0.1) is 5.69 Å². The second kappa shape index (κ2) is 4.89. The first-order valence-corrected chi connectivity index (χ1v) is 6.81. The fourth-order valence-electron chi connectivity index (χ4n) is 1.86. The zero-order chi connectivity index (χ0) is 14.2. The van der Waals surface area contributed by atoms with Crippen LogP contribution in [-0.2, 0) is 11.8 Å². The summed E-state index contributed by atoms with van der Waals surface area (Å²) in [4.78, 5) is 11.9. The average Bonchev–Trinajstić information content (AvgIpc) is 2.62. The molecule has 0 bridgehead atoms. The van der Waals surface area contributed by atoms with Crippen molar-refractivity contribution in [3.63, 3.8) is 0 Å². The Morgan fingerprint density at radius 2 is 2.00 bits per heavy atom. The van der Waals surface area contributed by atoms with Gasteiger partial charge >= 0.3 is 6.09 Å². The number of carbonyl (C=O) groups is 1. The molecule has 1 aromatic carbocycles. The molecular weight excluding hydrogens is 308 g/mol. The largest absolute Gasteiger partial charge is 0.444 e. The number of hydrogen-bond acceptors (Lipinski definition) is 2. The van der Waals surface area contributed by atoms with Crippen molar-refractivity contribution in [3.05, 3.63) is 28.9 Å². The molecule has 0 saturated heterocycles. The van der Waals surface area contributed by atoms with Crippen molar-refractivity contribution in [1.82, 2.24) is 4.57 Å². The van der Waals surface area contributed by atoms with Gasteiger partial charge in [-0.3, -0.25) is 5.32 Å². The summed E-state index contributed by atoms with van der Waals surface area (Å²) in [6, 6.07) is 5.88. The van der Waals surface area contributed by atoms with Gasteiger partial charge in [-0.15, -0.1) is 0 Å². The second-order valence-corrected chi connectivity index (χ2v) is 6.26. The van der Waals surface area contributed by atoms with E-state index in [1.54, 1.807) is 0 Å². The van der Waals surface area contributed by atoms with Crippen molar-refractivity contribution in [1.29, 1.82) is 0 Å². The van der Waals surface area contributed by atoms with Crippen LogP contribution in [0.25, 0.3) is 10.9 Å². The van der Waals surface area contributed by atoms with E-state index < -0.39 is 11.7 Å². The topological polar surface area (TPSA) is 43.3 Å². The highest BCUT2D eigenvalue weighted by atomic mass is 79.9. The van der Waals surface area contributed by atoms with Crippen LogP contribution in [0.1, 0.15) is 20.8 Å². The first-order valence-electron chi connectivity index (χ1n) is 6.01. The molecule has 0 fully saturated rings. The van der Waals surface area contributed by atoms with Crippen molar-refractivity contribution < 1.29 is 9.53 Å². The number of carbonyl (C=O) groups excluding carboxylic acids is 1. The second-order valence-electron chi connectivity index (χ2n) is 5.41. The smallest absolute Gasteiger partial charge is 0.412 e. The molecule has 0 aliphatic carbocycles. The molecule has 0 radical (unpaired) electrons. The zero-order valence-electron chi connectivity index (χ0n) is 11.5. The maximum atomic E-state index is 11.9. The van der Waals surface area contributed by atoms with E-state index in [4.69, 9.17) is 4.74 Å². The van der Waals surface area contributed by atoms with Crippen LogP contribution in [0.2, 0.25) is 0 Å². The summed E-state index contributed by atoms with van der Waals surface area (Å²) in [5, 5.41) is 3.78. The van der Waals surface area contributed by atoms with Crippen molar-refractivity contribution in [2.45, 2.75) is 26.4 Å². The molecule has 1 heterocycles. The number of benzene rings is 1. The van der Waals surface area contributed by atoms with E-state index in [-0.39, 0.29) is 0 Å². The van der Waals surface area contributed by atoms with E-state index in [1.165, 1.54) is 0 Å². The Bertz CT molecular complexity index is 626. The Labute approximate surface area is 120 Å². The molecule has 1 aromatic heterocycles. The van der Waals surface area contributed by atoms with Crippen LogP contribution in [0.15, 0.2) is 28.9 Å². The molecule has 0 saturated carbocycles. The predicted molar refractivity (Wildman–Crippen MR) is 80.5 cm³/mol. The van der Waals surface area contributed by atoms with E-state index in [2.05, 4.69) is 21.2 Å². The van der Waals surface area contributed by atoms with Crippen molar-refractivity contribution in [2.75, 3.05) is 5.32 Å². The molecule has 0 atom stereocenters. The lowest BCUT2D eigenvalue weighted by Crippen LogP contribution is -2.27. The minimum Gasteiger partial charge on any atom is -0.444 e. The maximum Gasteiger partial charge on any atom is 0.412 e. The van der Waals surface area contributed by atoms with Gasteiger partial charge in [0.1, 0.15) is 5.60 Å². The van der Waals surface area contributed by atoms with Gasteiger partial charge in [0.15, 0.2) is 0 Å². The highest BCUT2D eigenvalue weighted by Crippen LogP contribution is 2.32. The third-order valence-corrected chi connectivity index (χ3v) is 3.30. The molecule has 102 valence electrons. The van der Waals surface area contributed by atoms with Crippen LogP contribution >= 0.6 is 15.9 Å². The van der Waals surface area contributed by atoms with Gasteiger partial charge in [0.25, 0.3) is 0 Å². The molecule has 1 amide bonds. The van der Waals surface area contributed by atoms with Crippen LogP contribution in [0.4, 0.5) is 10.5 Å². The summed E-state index contributed by atoms with van der Waals surface area (Å²) in [5.74, 6) is 0. The molecule has 19 heavy (non-hydrogen) atoms. The van der Waals surface area contributed by atoms with Crippen molar-refractivity contribution >= 4 is 38.6 Å². The minimum atomic E-state index is -0.513. The van der Waals surface area contributed by atoms with Crippen molar-refractivity contribution in [3.8, 4) is 0 Å². The van der Waals surface area contributed by atoms with Crippen LogP contribution in [-0.4, -0.2) is 16.3 Å². The average molecular weight is 325 g/mol. The molecule has 0 aliphatic heterocycles. The summed E-state index contributed by atoms with van der Waals surface area (Å²) >= 11 is 3.46. The maximum absolute atomic E-state index is 11.9. The number of rotatable bonds is 1. The summed E-state index contributed by atoms with van der Waals surface area (Å²) < 4.78 is 8.11. The first kappa shape index (κ1) is 13.9. The van der Waals surface area contributed by atoms with E-state index in [0.29, 0.717) is 0 Å². The Kier molecular flexibility index (Phi) is 3.58. The van der Waals surface area contributed by atoms with Gasteiger partial charge < -0.3 is 9.30 Å². The van der Waals surface area contributed by atoms with Gasteiger partial charge in [0.2, 0.25) is 0 Å². The third kappa shape index (κ3) is 3.10.